The molecule has 176 valence electrons. The highest BCUT2D eigenvalue weighted by atomic mass is 32.2. The summed E-state index contributed by atoms with van der Waals surface area (Å²) in [4.78, 5) is 17.6. The van der Waals surface area contributed by atoms with Crippen LogP contribution in [0, 0.1) is 12.7 Å². The summed E-state index contributed by atoms with van der Waals surface area (Å²) >= 11 is 6.89. The molecule has 2 heterocycles. The van der Waals surface area contributed by atoms with E-state index in [1.54, 1.807) is 17.0 Å². The zero-order valence-corrected chi connectivity index (χ0v) is 21.3. The van der Waals surface area contributed by atoms with Gasteiger partial charge in [0.05, 0.1) is 17.1 Å². The number of para-hydroxylation sites is 1. The lowest BCUT2D eigenvalue weighted by molar-refractivity contribution is -0.113. The fraction of sp³-hybridized carbons (Fsp3) is 0.143. The molecule has 1 saturated heterocycles. The molecule has 0 aliphatic carbocycles. The minimum absolute atomic E-state index is 0.136. The number of fused-ring (bicyclic) bond motifs is 1. The average Bonchev–Trinajstić information content (AvgIpc) is 3.28. The largest absolute Gasteiger partial charge is 0.378 e. The van der Waals surface area contributed by atoms with Gasteiger partial charge in [-0.2, -0.15) is 0 Å². The van der Waals surface area contributed by atoms with Crippen molar-refractivity contribution in [2.24, 2.45) is 0 Å². The number of rotatable bonds is 5. The van der Waals surface area contributed by atoms with Crippen molar-refractivity contribution in [2.45, 2.75) is 13.5 Å². The number of anilines is 2. The lowest BCUT2D eigenvalue weighted by atomic mass is 10.1. The van der Waals surface area contributed by atoms with Gasteiger partial charge in [0.15, 0.2) is 4.32 Å². The van der Waals surface area contributed by atoms with Crippen molar-refractivity contribution in [3.63, 3.8) is 0 Å². The first-order valence-electron chi connectivity index (χ1n) is 11.2. The highest BCUT2D eigenvalue weighted by Gasteiger charge is 2.33. The van der Waals surface area contributed by atoms with Crippen molar-refractivity contribution in [1.29, 1.82) is 0 Å². The monoisotopic (exact) mass is 501 g/mol. The van der Waals surface area contributed by atoms with Gasteiger partial charge in [-0.15, -0.1) is 0 Å². The molecule has 7 heteroatoms. The smallest absolute Gasteiger partial charge is 0.270 e. The van der Waals surface area contributed by atoms with Gasteiger partial charge in [0.2, 0.25) is 0 Å². The minimum Gasteiger partial charge on any atom is -0.378 e. The molecule has 1 aromatic heterocycles. The Morgan fingerprint density at radius 2 is 1.69 bits per heavy atom. The maximum Gasteiger partial charge on any atom is 0.270 e. The SMILES string of the molecule is Cc1c(/C=C2\SC(=S)N(c3ccc(N(C)C)cc3)C2=O)c2ccccc2n1Cc1ccccc1F. The summed E-state index contributed by atoms with van der Waals surface area (Å²) in [5, 5.41) is 1.02. The number of hydrogen-bond acceptors (Lipinski definition) is 4. The van der Waals surface area contributed by atoms with Crippen LogP contribution in [0.2, 0.25) is 0 Å². The second-order valence-corrected chi connectivity index (χ2v) is 10.3. The van der Waals surface area contributed by atoms with E-state index in [1.165, 1.54) is 17.8 Å². The van der Waals surface area contributed by atoms with Crippen LogP contribution in [-0.4, -0.2) is 28.9 Å². The first-order valence-corrected chi connectivity index (χ1v) is 12.4. The molecule has 0 spiro atoms. The van der Waals surface area contributed by atoms with Crippen molar-refractivity contribution in [2.75, 3.05) is 23.9 Å². The third-order valence-electron chi connectivity index (χ3n) is 6.26. The number of nitrogens with zero attached hydrogens (tertiary/aromatic N) is 3. The average molecular weight is 502 g/mol. The number of thiocarbonyl (C=S) groups is 1. The number of aromatic nitrogens is 1. The Morgan fingerprint density at radius 3 is 2.40 bits per heavy atom. The number of benzene rings is 3. The van der Waals surface area contributed by atoms with E-state index in [9.17, 15) is 9.18 Å². The molecule has 0 N–H and O–H groups in total. The molecule has 0 radical (unpaired) electrons. The number of amides is 1. The summed E-state index contributed by atoms with van der Waals surface area (Å²) in [7, 11) is 3.95. The fourth-order valence-corrected chi connectivity index (χ4v) is 5.64. The first-order chi connectivity index (χ1) is 16.8. The van der Waals surface area contributed by atoms with Gasteiger partial charge in [-0.1, -0.05) is 60.4 Å². The minimum atomic E-state index is -0.229. The number of carbonyl (C=O) groups is 1. The lowest BCUT2D eigenvalue weighted by Gasteiger charge is -2.17. The first kappa shape index (κ1) is 23.3. The van der Waals surface area contributed by atoms with E-state index in [0.29, 0.717) is 21.3 Å². The molecule has 1 amide bonds. The molecule has 0 atom stereocenters. The maximum atomic E-state index is 14.4. The van der Waals surface area contributed by atoms with Gasteiger partial charge in [-0.05, 0) is 49.4 Å². The molecule has 4 nitrogen and oxygen atoms in total. The maximum absolute atomic E-state index is 14.4. The number of hydrogen-bond donors (Lipinski definition) is 0. The van der Waals surface area contributed by atoms with Crippen molar-refractivity contribution in [3.05, 3.63) is 100 Å². The quantitative estimate of drug-likeness (QED) is 0.227. The van der Waals surface area contributed by atoms with E-state index in [2.05, 4.69) is 4.57 Å². The van der Waals surface area contributed by atoms with Gasteiger partial charge in [0.25, 0.3) is 5.91 Å². The molecule has 0 unspecified atom stereocenters. The molecule has 0 bridgehead atoms. The summed E-state index contributed by atoms with van der Waals surface area (Å²) in [6.07, 6.45) is 1.92. The Hall–Kier alpha value is -3.42. The second-order valence-electron chi connectivity index (χ2n) is 8.62. The molecule has 5 rings (SSSR count). The van der Waals surface area contributed by atoms with E-state index in [-0.39, 0.29) is 11.7 Å². The van der Waals surface area contributed by atoms with Crippen LogP contribution < -0.4 is 9.80 Å². The van der Waals surface area contributed by atoms with E-state index in [4.69, 9.17) is 12.2 Å². The Bertz CT molecular complexity index is 1490. The summed E-state index contributed by atoms with van der Waals surface area (Å²) in [6, 6.07) is 22.6. The normalized spacial score (nSPS) is 15.0. The van der Waals surface area contributed by atoms with Crippen LogP contribution in [-0.2, 0) is 11.3 Å². The second kappa shape index (κ2) is 9.32. The number of halogens is 1. The molecule has 0 saturated carbocycles. The van der Waals surface area contributed by atoms with E-state index < -0.39 is 0 Å². The third kappa shape index (κ3) is 4.26. The van der Waals surface area contributed by atoms with Crippen molar-refractivity contribution < 1.29 is 9.18 Å². The topological polar surface area (TPSA) is 28.5 Å². The van der Waals surface area contributed by atoms with Crippen molar-refractivity contribution >= 4 is 62.6 Å². The zero-order chi connectivity index (χ0) is 24.7. The van der Waals surface area contributed by atoms with Crippen LogP contribution >= 0.6 is 24.0 Å². The van der Waals surface area contributed by atoms with Gasteiger partial charge in [-0.25, -0.2) is 4.39 Å². The highest BCUT2D eigenvalue weighted by molar-refractivity contribution is 8.27. The van der Waals surface area contributed by atoms with E-state index in [0.717, 1.165) is 33.5 Å². The molecular weight excluding hydrogens is 477 g/mol. The zero-order valence-electron chi connectivity index (χ0n) is 19.7. The number of thioether (sulfide) groups is 1. The summed E-state index contributed by atoms with van der Waals surface area (Å²) in [6.45, 7) is 2.42. The molecule has 35 heavy (non-hydrogen) atoms. The van der Waals surface area contributed by atoms with Crippen LogP contribution in [0.1, 0.15) is 16.8 Å². The summed E-state index contributed by atoms with van der Waals surface area (Å²) in [5.74, 6) is -0.365. The number of carbonyl (C=O) groups excluding carboxylic acids is 1. The highest BCUT2D eigenvalue weighted by Crippen LogP contribution is 2.38. The van der Waals surface area contributed by atoms with Gasteiger partial charge in [0.1, 0.15) is 5.82 Å². The van der Waals surface area contributed by atoms with Crippen molar-refractivity contribution in [3.8, 4) is 0 Å². The van der Waals surface area contributed by atoms with Crippen LogP contribution in [0.5, 0.6) is 0 Å². The van der Waals surface area contributed by atoms with Gasteiger partial charge < -0.3 is 9.47 Å². The molecule has 1 aliphatic heterocycles. The van der Waals surface area contributed by atoms with Crippen LogP contribution in [0.4, 0.5) is 15.8 Å². The van der Waals surface area contributed by atoms with Crippen molar-refractivity contribution in [1.82, 2.24) is 4.57 Å². The Kier molecular flexibility index (Phi) is 6.21. The van der Waals surface area contributed by atoms with E-state index in [1.807, 2.05) is 86.6 Å². The lowest BCUT2D eigenvalue weighted by Crippen LogP contribution is -2.27. The summed E-state index contributed by atoms with van der Waals surface area (Å²) in [5.41, 5.74) is 5.33. The molecule has 1 fully saturated rings. The standard InChI is InChI=1S/C28H24FN3OS2/c1-18-23(22-9-5-7-11-25(22)31(18)17-19-8-4-6-10-24(19)29)16-26-27(33)32(28(34)35-26)21-14-12-20(13-15-21)30(2)3/h4-16H,17H2,1-3H3/b26-16-. The fourth-order valence-electron chi connectivity index (χ4n) is 4.36. The van der Waals surface area contributed by atoms with Gasteiger partial charge in [-0.3, -0.25) is 9.69 Å². The molecular formula is C28H24FN3OS2. The molecule has 3 aromatic carbocycles. The predicted molar refractivity (Wildman–Crippen MR) is 149 cm³/mol. The van der Waals surface area contributed by atoms with Crippen LogP contribution in [0.3, 0.4) is 0 Å². The molecule has 1 aliphatic rings. The Morgan fingerprint density at radius 1 is 1.00 bits per heavy atom. The van der Waals surface area contributed by atoms with Crippen LogP contribution in [0.25, 0.3) is 17.0 Å². The van der Waals surface area contributed by atoms with Crippen LogP contribution in [0.15, 0.2) is 77.7 Å². The predicted octanol–water partition coefficient (Wildman–Crippen LogP) is 6.61. The van der Waals surface area contributed by atoms with Gasteiger partial charge >= 0.3 is 0 Å². The molecule has 4 aromatic rings. The summed E-state index contributed by atoms with van der Waals surface area (Å²) < 4.78 is 17.0. The van der Waals surface area contributed by atoms with E-state index >= 15 is 0 Å². The Balaban J connectivity index is 1.54. The third-order valence-corrected chi connectivity index (χ3v) is 7.56. The van der Waals surface area contributed by atoms with Gasteiger partial charge in [0, 0.05) is 47.5 Å². The Labute approximate surface area is 213 Å².